The first-order valence-corrected chi connectivity index (χ1v) is 7.88. The van der Waals surface area contributed by atoms with Gasteiger partial charge in [-0.05, 0) is 36.4 Å². The molecule has 1 aromatic heterocycles. The van der Waals surface area contributed by atoms with E-state index in [1.165, 1.54) is 18.3 Å². The molecule has 1 heterocycles. The zero-order chi connectivity index (χ0) is 19.2. The largest absolute Gasteiger partial charge is 0.323 e. The van der Waals surface area contributed by atoms with E-state index in [-0.39, 0.29) is 11.4 Å². The summed E-state index contributed by atoms with van der Waals surface area (Å²) in [5.41, 5.74) is 0.184. The number of aromatic nitrogens is 1. The summed E-state index contributed by atoms with van der Waals surface area (Å²) in [6.45, 7) is 0. The number of benzene rings is 2. The molecule has 3 rings (SSSR count). The van der Waals surface area contributed by atoms with Crippen molar-refractivity contribution in [1.29, 1.82) is 0 Å². The summed E-state index contributed by atoms with van der Waals surface area (Å²) < 4.78 is 27.3. The van der Waals surface area contributed by atoms with Crippen LogP contribution < -0.4 is 16.0 Å². The molecule has 0 atom stereocenters. The van der Waals surface area contributed by atoms with Crippen LogP contribution in [0.5, 0.6) is 0 Å². The highest BCUT2D eigenvalue weighted by molar-refractivity contribution is 6.07. The van der Waals surface area contributed by atoms with Gasteiger partial charge in [-0.3, -0.25) is 9.78 Å². The Bertz CT molecular complexity index is 960. The maximum Gasteiger partial charge on any atom is 0.323 e. The van der Waals surface area contributed by atoms with Crippen LogP contribution in [0.4, 0.5) is 30.6 Å². The van der Waals surface area contributed by atoms with Crippen molar-refractivity contribution >= 4 is 29.0 Å². The molecule has 0 bridgehead atoms. The van der Waals surface area contributed by atoms with E-state index in [0.717, 1.165) is 12.1 Å². The van der Waals surface area contributed by atoms with Crippen molar-refractivity contribution in [3.8, 4) is 0 Å². The van der Waals surface area contributed by atoms with Gasteiger partial charge in [0.05, 0.1) is 11.4 Å². The van der Waals surface area contributed by atoms with Crippen molar-refractivity contribution in [2.45, 2.75) is 0 Å². The van der Waals surface area contributed by atoms with Gasteiger partial charge in [0.2, 0.25) is 0 Å². The lowest BCUT2D eigenvalue weighted by molar-refractivity contribution is 0.102. The summed E-state index contributed by atoms with van der Waals surface area (Å²) in [5, 5.41) is 7.19. The molecule has 0 unspecified atom stereocenters. The second-order valence-corrected chi connectivity index (χ2v) is 5.39. The van der Waals surface area contributed by atoms with Crippen molar-refractivity contribution in [3.63, 3.8) is 0 Å². The third-order valence-corrected chi connectivity index (χ3v) is 3.52. The Morgan fingerprint density at radius 3 is 2.00 bits per heavy atom. The van der Waals surface area contributed by atoms with Crippen molar-refractivity contribution in [3.05, 3.63) is 84.2 Å². The van der Waals surface area contributed by atoms with Crippen LogP contribution in [-0.4, -0.2) is 16.9 Å². The molecule has 0 spiro atoms. The van der Waals surface area contributed by atoms with Gasteiger partial charge in [-0.25, -0.2) is 13.6 Å². The van der Waals surface area contributed by atoms with Crippen LogP contribution >= 0.6 is 0 Å². The Morgan fingerprint density at radius 1 is 0.741 bits per heavy atom. The van der Waals surface area contributed by atoms with Crippen LogP contribution in [0.1, 0.15) is 10.5 Å². The van der Waals surface area contributed by atoms with Gasteiger partial charge in [-0.2, -0.15) is 0 Å². The fraction of sp³-hybridized carbons (Fsp3) is 0. The Balaban J connectivity index is 1.74. The molecule has 0 saturated heterocycles. The van der Waals surface area contributed by atoms with Crippen molar-refractivity contribution in [2.24, 2.45) is 0 Å². The number of hydrogen-bond acceptors (Lipinski definition) is 3. The molecule has 27 heavy (non-hydrogen) atoms. The summed E-state index contributed by atoms with van der Waals surface area (Å²) in [7, 11) is 0. The predicted octanol–water partition coefficient (Wildman–Crippen LogP) is 4.26. The van der Waals surface area contributed by atoms with Crippen LogP contribution in [0.25, 0.3) is 0 Å². The summed E-state index contributed by atoms with van der Waals surface area (Å²) in [6.07, 6.45) is 1.48. The lowest BCUT2D eigenvalue weighted by Crippen LogP contribution is -2.22. The van der Waals surface area contributed by atoms with Gasteiger partial charge in [0.25, 0.3) is 5.91 Å². The van der Waals surface area contributed by atoms with E-state index in [2.05, 4.69) is 20.9 Å². The molecule has 3 amide bonds. The van der Waals surface area contributed by atoms with Crippen LogP contribution in [0.2, 0.25) is 0 Å². The third-order valence-electron chi connectivity index (χ3n) is 3.52. The molecule has 6 nitrogen and oxygen atoms in total. The normalized spacial score (nSPS) is 10.1. The fourth-order valence-electron chi connectivity index (χ4n) is 2.27. The fourth-order valence-corrected chi connectivity index (χ4v) is 2.27. The Morgan fingerprint density at radius 2 is 1.37 bits per heavy atom. The summed E-state index contributed by atoms with van der Waals surface area (Å²) in [5.74, 6) is -2.27. The molecule has 8 heteroatoms. The average molecular weight is 368 g/mol. The predicted molar refractivity (Wildman–Crippen MR) is 97.6 cm³/mol. The second-order valence-electron chi connectivity index (χ2n) is 5.39. The second kappa shape index (κ2) is 8.05. The maximum absolute atomic E-state index is 13.6. The summed E-state index contributed by atoms with van der Waals surface area (Å²) in [4.78, 5) is 28.3. The first kappa shape index (κ1) is 18.0. The minimum atomic E-state index is -0.901. The van der Waals surface area contributed by atoms with E-state index in [1.807, 2.05) is 0 Å². The number of hydrogen-bond donors (Lipinski definition) is 3. The molecule has 3 aromatic rings. The molecular weight excluding hydrogens is 354 g/mol. The molecule has 136 valence electrons. The molecule has 0 radical (unpaired) electrons. The van der Waals surface area contributed by atoms with Crippen LogP contribution in [-0.2, 0) is 0 Å². The Hall–Kier alpha value is -3.81. The number of pyridine rings is 1. The highest BCUT2D eigenvalue weighted by Crippen LogP contribution is 2.23. The zero-order valence-corrected chi connectivity index (χ0v) is 13.9. The lowest BCUT2D eigenvalue weighted by Gasteiger charge is -2.13. The lowest BCUT2D eigenvalue weighted by atomic mass is 10.2. The van der Waals surface area contributed by atoms with Crippen LogP contribution in [0.15, 0.2) is 66.9 Å². The molecule has 0 fully saturated rings. The average Bonchev–Trinajstić information content (AvgIpc) is 2.67. The van der Waals surface area contributed by atoms with Gasteiger partial charge in [0, 0.05) is 6.20 Å². The molecule has 0 aliphatic heterocycles. The van der Waals surface area contributed by atoms with Gasteiger partial charge in [0.1, 0.15) is 23.0 Å². The molecular formula is C19H14F2N4O2. The monoisotopic (exact) mass is 368 g/mol. The zero-order valence-electron chi connectivity index (χ0n) is 13.9. The molecule has 0 aliphatic carbocycles. The van der Waals surface area contributed by atoms with Gasteiger partial charge >= 0.3 is 6.03 Å². The van der Waals surface area contributed by atoms with Crippen molar-refractivity contribution in [1.82, 2.24) is 4.98 Å². The van der Waals surface area contributed by atoms with E-state index in [0.29, 0.717) is 5.69 Å². The van der Waals surface area contributed by atoms with Gasteiger partial charge in [-0.15, -0.1) is 0 Å². The first-order chi connectivity index (χ1) is 13.0. The van der Waals surface area contributed by atoms with Crippen molar-refractivity contribution < 1.29 is 18.4 Å². The first-order valence-electron chi connectivity index (χ1n) is 7.88. The summed E-state index contributed by atoms with van der Waals surface area (Å²) >= 11 is 0. The van der Waals surface area contributed by atoms with Gasteiger partial charge in [-0.1, -0.05) is 24.3 Å². The number of para-hydroxylation sites is 3. The molecule has 2 aromatic carbocycles. The third kappa shape index (κ3) is 4.43. The van der Waals surface area contributed by atoms with E-state index in [1.54, 1.807) is 36.4 Å². The molecule has 0 aliphatic rings. The highest BCUT2D eigenvalue weighted by Gasteiger charge is 2.14. The number of amides is 3. The number of nitrogens with zero attached hydrogens (tertiary/aromatic N) is 1. The number of rotatable bonds is 4. The van der Waals surface area contributed by atoms with E-state index >= 15 is 0 Å². The van der Waals surface area contributed by atoms with E-state index in [4.69, 9.17) is 0 Å². The van der Waals surface area contributed by atoms with E-state index in [9.17, 15) is 18.4 Å². The molecule has 3 N–H and O–H groups in total. The topological polar surface area (TPSA) is 83.1 Å². The van der Waals surface area contributed by atoms with E-state index < -0.39 is 29.3 Å². The Labute approximate surface area is 153 Å². The Kier molecular flexibility index (Phi) is 5.36. The summed E-state index contributed by atoms with van der Waals surface area (Å²) in [6, 6.07) is 13.7. The van der Waals surface area contributed by atoms with Crippen LogP contribution in [0, 0.1) is 11.6 Å². The number of carbonyl (C=O) groups is 2. The smallest absolute Gasteiger partial charge is 0.319 e. The standard InChI is InChI=1S/C19H14F2N4O2/c20-12-6-5-7-13(21)17(12)25-19(27)24-15-9-2-1-8-14(15)23-18(26)16-10-3-4-11-22-16/h1-11H,(H,23,26)(H2,24,25,27). The van der Waals surface area contributed by atoms with Gasteiger partial charge < -0.3 is 16.0 Å². The number of carbonyl (C=O) groups excluding carboxylic acids is 2. The minimum Gasteiger partial charge on any atom is -0.319 e. The SMILES string of the molecule is O=C(Nc1ccccc1NC(=O)c1ccccn1)Nc1c(F)cccc1F. The minimum absolute atomic E-state index is 0.199. The van der Waals surface area contributed by atoms with Gasteiger partial charge in [0.15, 0.2) is 0 Å². The van der Waals surface area contributed by atoms with Crippen LogP contribution in [0.3, 0.4) is 0 Å². The quantitative estimate of drug-likeness (QED) is 0.644. The number of urea groups is 1. The number of anilines is 3. The maximum atomic E-state index is 13.6. The van der Waals surface area contributed by atoms with Crippen molar-refractivity contribution in [2.75, 3.05) is 16.0 Å². The highest BCUT2D eigenvalue weighted by atomic mass is 19.1. The number of halogens is 2. The molecule has 0 saturated carbocycles. The number of nitrogens with one attached hydrogen (secondary N) is 3.